The molecule has 3 heterocycles. The maximum Gasteiger partial charge on any atom is 0.113 e. The molecule has 0 saturated carbocycles. The van der Waals surface area contributed by atoms with Crippen LogP contribution in [0.25, 0.3) is 16.7 Å². The van der Waals surface area contributed by atoms with Gasteiger partial charge in [0, 0.05) is 43.9 Å². The van der Waals surface area contributed by atoms with Gasteiger partial charge in [0.2, 0.25) is 0 Å². The highest BCUT2D eigenvalue weighted by Gasteiger charge is 2.14. The third-order valence-electron chi connectivity index (χ3n) is 6.64. The summed E-state index contributed by atoms with van der Waals surface area (Å²) in [5.41, 5.74) is 14.3. The van der Waals surface area contributed by atoms with Crippen molar-refractivity contribution in [2.45, 2.75) is 39.3 Å². The highest BCUT2D eigenvalue weighted by atomic mass is 15.4. The summed E-state index contributed by atoms with van der Waals surface area (Å²) in [6.45, 7) is 4.55. The van der Waals surface area contributed by atoms with E-state index in [9.17, 15) is 0 Å². The molecule has 0 spiro atoms. The highest BCUT2D eigenvalue weighted by Crippen LogP contribution is 2.22. The fourth-order valence-electron chi connectivity index (χ4n) is 4.80. The van der Waals surface area contributed by atoms with Crippen LogP contribution < -0.4 is 11.6 Å². The molecule has 0 fully saturated rings. The van der Waals surface area contributed by atoms with E-state index in [0.29, 0.717) is 31.9 Å². The molecule has 1 aliphatic heterocycles. The minimum Gasteiger partial charge on any atom is -0.400 e. The first-order valence-corrected chi connectivity index (χ1v) is 13.3. The molecule has 5 rings (SSSR count). The number of hydrogen-bond donors (Lipinski definition) is 2. The van der Waals surface area contributed by atoms with E-state index < -0.39 is 0 Å². The van der Waals surface area contributed by atoms with Crippen LogP contribution in [0.1, 0.15) is 36.6 Å². The monoisotopic (exact) mass is 521 g/mol. The fourth-order valence-corrected chi connectivity index (χ4v) is 4.80. The van der Waals surface area contributed by atoms with E-state index >= 15 is 0 Å². The molecule has 0 radical (unpaired) electrons. The lowest BCUT2D eigenvalue weighted by atomic mass is 10.1. The van der Waals surface area contributed by atoms with Gasteiger partial charge in [-0.25, -0.2) is 10.5 Å². The molecule has 200 valence electrons. The lowest BCUT2D eigenvalue weighted by molar-refractivity contribution is 0.301. The van der Waals surface area contributed by atoms with Crippen molar-refractivity contribution in [2.24, 2.45) is 16.6 Å². The van der Waals surface area contributed by atoms with Crippen LogP contribution in [0.5, 0.6) is 0 Å². The van der Waals surface area contributed by atoms with E-state index in [0.717, 1.165) is 52.9 Å². The van der Waals surface area contributed by atoms with Crippen molar-refractivity contribution in [1.82, 2.24) is 29.9 Å². The van der Waals surface area contributed by atoms with E-state index in [2.05, 4.69) is 56.4 Å². The number of fused-ring (bicyclic) bond motifs is 1. The van der Waals surface area contributed by atoms with E-state index in [4.69, 9.17) is 11.6 Å². The third-order valence-corrected chi connectivity index (χ3v) is 6.64. The zero-order chi connectivity index (χ0) is 27.0. The first-order valence-electron chi connectivity index (χ1n) is 13.3. The van der Waals surface area contributed by atoms with Gasteiger partial charge in [0.25, 0.3) is 0 Å². The topological polar surface area (TPSA) is 114 Å². The maximum atomic E-state index is 6.50. The second-order valence-corrected chi connectivity index (χ2v) is 9.73. The molecule has 0 amide bonds. The SMILES string of the molecule is CCc1ccc(CN(N)/C=C(\N)CN(CC2=CCCC=N2)Cc2ccccn2)cc1-n1nnc2ccccc21. The molecular formula is C30H35N9. The lowest BCUT2D eigenvalue weighted by Crippen LogP contribution is -2.33. The molecule has 9 heteroatoms. The highest BCUT2D eigenvalue weighted by molar-refractivity contribution is 5.76. The van der Waals surface area contributed by atoms with Crippen LogP contribution in [0, 0.1) is 0 Å². The van der Waals surface area contributed by atoms with E-state index in [-0.39, 0.29) is 0 Å². The summed E-state index contributed by atoms with van der Waals surface area (Å²) in [7, 11) is 0. The minimum absolute atomic E-state index is 0.500. The van der Waals surface area contributed by atoms with Crippen molar-refractivity contribution >= 4 is 17.2 Å². The quantitative estimate of drug-likeness (QED) is 0.226. The Kier molecular flexibility index (Phi) is 8.40. The number of aryl methyl sites for hydroxylation is 1. The average molecular weight is 522 g/mol. The van der Waals surface area contributed by atoms with E-state index in [1.54, 1.807) is 5.01 Å². The number of benzene rings is 2. The lowest BCUT2D eigenvalue weighted by Gasteiger charge is -2.24. The molecule has 4 N–H and O–H groups in total. The molecule has 4 aromatic rings. The van der Waals surface area contributed by atoms with Crippen LogP contribution in [0.3, 0.4) is 0 Å². The number of nitrogens with zero attached hydrogens (tertiary/aromatic N) is 7. The molecule has 0 aliphatic carbocycles. The van der Waals surface area contributed by atoms with Crippen molar-refractivity contribution in [3.8, 4) is 5.69 Å². The number of rotatable bonds is 11. The van der Waals surface area contributed by atoms with E-state index in [1.165, 1.54) is 5.56 Å². The second-order valence-electron chi connectivity index (χ2n) is 9.73. The molecular weight excluding hydrogens is 486 g/mol. The molecule has 0 atom stereocenters. The first kappa shape index (κ1) is 26.3. The maximum absolute atomic E-state index is 6.50. The Morgan fingerprint density at radius 2 is 1.90 bits per heavy atom. The van der Waals surface area contributed by atoms with Gasteiger partial charge >= 0.3 is 0 Å². The molecule has 0 unspecified atom stereocenters. The van der Waals surface area contributed by atoms with Gasteiger partial charge in [-0.1, -0.05) is 48.5 Å². The number of hydrazine groups is 1. The van der Waals surface area contributed by atoms with Crippen LogP contribution in [0.15, 0.2) is 95.5 Å². The van der Waals surface area contributed by atoms with Crippen LogP contribution in [0.4, 0.5) is 0 Å². The number of hydrogen-bond acceptors (Lipinski definition) is 8. The molecule has 2 aromatic carbocycles. The predicted molar refractivity (Wildman–Crippen MR) is 156 cm³/mol. The average Bonchev–Trinajstić information content (AvgIpc) is 3.38. The normalized spacial score (nSPS) is 13.7. The second kappa shape index (κ2) is 12.5. The fraction of sp³-hybridized carbons (Fsp3) is 0.267. The number of pyridine rings is 1. The molecule has 1 aliphatic rings. The number of aliphatic imine (C=N–C) groups is 1. The van der Waals surface area contributed by atoms with Crippen LogP contribution in [-0.2, 0) is 19.5 Å². The van der Waals surface area contributed by atoms with Crippen molar-refractivity contribution in [3.05, 3.63) is 107 Å². The van der Waals surface area contributed by atoms with Crippen LogP contribution in [-0.4, -0.2) is 49.2 Å². The summed E-state index contributed by atoms with van der Waals surface area (Å²) in [6, 6.07) is 20.3. The van der Waals surface area contributed by atoms with Crippen molar-refractivity contribution in [3.63, 3.8) is 0 Å². The number of nitrogens with two attached hydrogens (primary N) is 2. The Hall–Kier alpha value is -4.34. The van der Waals surface area contributed by atoms with Gasteiger partial charge < -0.3 is 10.7 Å². The van der Waals surface area contributed by atoms with Crippen molar-refractivity contribution in [2.75, 3.05) is 13.1 Å². The Morgan fingerprint density at radius 3 is 2.69 bits per heavy atom. The van der Waals surface area contributed by atoms with Gasteiger partial charge in [0.15, 0.2) is 0 Å². The first-order chi connectivity index (χ1) is 19.1. The molecule has 0 bridgehead atoms. The zero-order valence-corrected chi connectivity index (χ0v) is 22.3. The van der Waals surface area contributed by atoms with Crippen molar-refractivity contribution < 1.29 is 0 Å². The molecule has 9 nitrogen and oxygen atoms in total. The standard InChI is InChI=1S/C30H35N9/c1-2-24-14-13-23(17-30(24)39-29-12-4-3-11-28(29)35-36-39)18-38(32)20-25(31)19-37(21-26-9-5-7-15-33-26)22-27-10-6-8-16-34-27/h3-5,7,9-17,20H,2,6,8,18-19,21-22,31-32H2,1H3/b25-20-. The number of aromatic nitrogens is 4. The Morgan fingerprint density at radius 1 is 1.03 bits per heavy atom. The Balaban J connectivity index is 1.31. The van der Waals surface area contributed by atoms with E-state index in [1.807, 2.05) is 65.8 Å². The number of para-hydroxylation sites is 1. The van der Waals surface area contributed by atoms with Gasteiger partial charge in [0.05, 0.1) is 29.1 Å². The zero-order valence-electron chi connectivity index (χ0n) is 22.3. The summed E-state index contributed by atoms with van der Waals surface area (Å²) < 4.78 is 1.90. The van der Waals surface area contributed by atoms with Gasteiger partial charge in [-0.05, 0) is 60.7 Å². The summed E-state index contributed by atoms with van der Waals surface area (Å²) in [6.07, 6.45) is 10.7. The summed E-state index contributed by atoms with van der Waals surface area (Å²) in [5.74, 6) is 6.43. The largest absolute Gasteiger partial charge is 0.400 e. The molecule has 39 heavy (non-hydrogen) atoms. The molecule has 0 saturated heterocycles. The van der Waals surface area contributed by atoms with Crippen LogP contribution in [0.2, 0.25) is 0 Å². The van der Waals surface area contributed by atoms with Gasteiger partial charge in [0.1, 0.15) is 5.52 Å². The smallest absolute Gasteiger partial charge is 0.113 e. The van der Waals surface area contributed by atoms with Gasteiger partial charge in [-0.3, -0.25) is 14.9 Å². The summed E-state index contributed by atoms with van der Waals surface area (Å²) in [4.78, 5) is 11.3. The minimum atomic E-state index is 0.500. The van der Waals surface area contributed by atoms with Gasteiger partial charge in [-0.15, -0.1) is 5.10 Å². The summed E-state index contributed by atoms with van der Waals surface area (Å²) in [5, 5.41) is 10.4. The Labute approximate surface area is 229 Å². The van der Waals surface area contributed by atoms with Crippen molar-refractivity contribution in [1.29, 1.82) is 0 Å². The van der Waals surface area contributed by atoms with Crippen LogP contribution >= 0.6 is 0 Å². The predicted octanol–water partition coefficient (Wildman–Crippen LogP) is 4.10. The summed E-state index contributed by atoms with van der Waals surface area (Å²) >= 11 is 0. The third kappa shape index (κ3) is 6.76. The van der Waals surface area contributed by atoms with Gasteiger partial charge in [-0.2, -0.15) is 0 Å². The number of allylic oxidation sites excluding steroid dienone is 1. The molecule has 2 aromatic heterocycles. The Bertz CT molecular complexity index is 1490.